The van der Waals surface area contributed by atoms with E-state index in [9.17, 15) is 4.79 Å². The van der Waals surface area contributed by atoms with Crippen molar-refractivity contribution < 1.29 is 4.79 Å². The van der Waals surface area contributed by atoms with Gasteiger partial charge in [-0.25, -0.2) is 0 Å². The number of nitrogens with zero attached hydrogens (tertiary/aromatic N) is 1. The molecule has 0 unspecified atom stereocenters. The van der Waals surface area contributed by atoms with Crippen LogP contribution in [0.5, 0.6) is 0 Å². The molecule has 0 aromatic heterocycles. The van der Waals surface area contributed by atoms with Crippen molar-refractivity contribution in [2.24, 2.45) is 0 Å². The molecule has 2 aliphatic rings. The molecule has 1 saturated carbocycles. The number of amides is 1. The summed E-state index contributed by atoms with van der Waals surface area (Å²) < 4.78 is 0. The van der Waals surface area contributed by atoms with E-state index in [1.807, 2.05) is 18.2 Å². The summed E-state index contributed by atoms with van der Waals surface area (Å²) in [7, 11) is 0. The van der Waals surface area contributed by atoms with Crippen molar-refractivity contribution in [3.8, 4) is 0 Å². The van der Waals surface area contributed by atoms with E-state index in [0.717, 1.165) is 51.1 Å². The SMILES string of the molecule is O=C(NC1CCCC1)c1cccc(CN2CCNCC2)c1. The van der Waals surface area contributed by atoms with Gasteiger partial charge < -0.3 is 10.6 Å². The van der Waals surface area contributed by atoms with E-state index in [-0.39, 0.29) is 5.91 Å². The Labute approximate surface area is 126 Å². The molecular formula is C17H25N3O. The van der Waals surface area contributed by atoms with Crippen molar-refractivity contribution in [2.45, 2.75) is 38.3 Å². The van der Waals surface area contributed by atoms with Crippen molar-refractivity contribution in [1.82, 2.24) is 15.5 Å². The van der Waals surface area contributed by atoms with Gasteiger partial charge >= 0.3 is 0 Å². The Morgan fingerprint density at radius 1 is 1.24 bits per heavy atom. The van der Waals surface area contributed by atoms with Gasteiger partial charge in [0.05, 0.1) is 0 Å². The predicted molar refractivity (Wildman–Crippen MR) is 84.3 cm³/mol. The predicted octanol–water partition coefficient (Wildman–Crippen LogP) is 1.76. The number of carbonyl (C=O) groups is 1. The molecule has 4 nitrogen and oxygen atoms in total. The molecule has 21 heavy (non-hydrogen) atoms. The van der Waals surface area contributed by atoms with Gasteiger partial charge in [0.1, 0.15) is 0 Å². The fraction of sp³-hybridized carbons (Fsp3) is 0.588. The number of piperazine rings is 1. The second-order valence-electron chi connectivity index (χ2n) is 6.18. The maximum atomic E-state index is 12.3. The molecule has 1 aromatic carbocycles. The quantitative estimate of drug-likeness (QED) is 0.887. The molecule has 1 aliphatic heterocycles. The van der Waals surface area contributed by atoms with Crippen LogP contribution in [0.2, 0.25) is 0 Å². The summed E-state index contributed by atoms with van der Waals surface area (Å²) in [6.45, 7) is 5.22. The Morgan fingerprint density at radius 3 is 2.76 bits per heavy atom. The summed E-state index contributed by atoms with van der Waals surface area (Å²) in [4.78, 5) is 14.7. The molecule has 3 rings (SSSR count). The third-order valence-electron chi connectivity index (χ3n) is 4.50. The van der Waals surface area contributed by atoms with E-state index in [4.69, 9.17) is 0 Å². The molecule has 1 aromatic rings. The summed E-state index contributed by atoms with van der Waals surface area (Å²) in [5.74, 6) is 0.0871. The molecular weight excluding hydrogens is 262 g/mol. The minimum atomic E-state index is 0.0871. The Bertz CT molecular complexity index is 477. The highest BCUT2D eigenvalue weighted by atomic mass is 16.1. The molecule has 1 saturated heterocycles. The Kier molecular flexibility index (Phi) is 4.88. The van der Waals surface area contributed by atoms with E-state index in [2.05, 4.69) is 21.6 Å². The molecule has 2 N–H and O–H groups in total. The van der Waals surface area contributed by atoms with Crippen molar-refractivity contribution in [3.05, 3.63) is 35.4 Å². The second kappa shape index (κ2) is 7.05. The first-order chi connectivity index (χ1) is 10.3. The molecule has 114 valence electrons. The van der Waals surface area contributed by atoms with Crippen LogP contribution in [0.15, 0.2) is 24.3 Å². The highest BCUT2D eigenvalue weighted by molar-refractivity contribution is 5.94. The summed E-state index contributed by atoms with van der Waals surface area (Å²) in [5, 5.41) is 6.53. The number of rotatable bonds is 4. The van der Waals surface area contributed by atoms with Crippen LogP contribution in [0.25, 0.3) is 0 Å². The maximum Gasteiger partial charge on any atom is 0.251 e. The van der Waals surface area contributed by atoms with Crippen LogP contribution in [0.1, 0.15) is 41.6 Å². The molecule has 0 atom stereocenters. The lowest BCUT2D eigenvalue weighted by atomic mass is 10.1. The molecule has 1 aliphatic carbocycles. The van der Waals surface area contributed by atoms with Gasteiger partial charge in [0.25, 0.3) is 5.91 Å². The lowest BCUT2D eigenvalue weighted by Crippen LogP contribution is -2.42. The smallest absolute Gasteiger partial charge is 0.251 e. The third-order valence-corrected chi connectivity index (χ3v) is 4.50. The zero-order valence-corrected chi connectivity index (χ0v) is 12.6. The number of benzene rings is 1. The van der Waals surface area contributed by atoms with Gasteiger partial charge in [-0.1, -0.05) is 25.0 Å². The first-order valence-corrected chi connectivity index (χ1v) is 8.14. The largest absolute Gasteiger partial charge is 0.349 e. The van der Waals surface area contributed by atoms with Crippen molar-refractivity contribution in [2.75, 3.05) is 26.2 Å². The van der Waals surface area contributed by atoms with Gasteiger partial charge in [-0.15, -0.1) is 0 Å². The van der Waals surface area contributed by atoms with E-state index in [0.29, 0.717) is 6.04 Å². The highest BCUT2D eigenvalue weighted by Gasteiger charge is 2.18. The highest BCUT2D eigenvalue weighted by Crippen LogP contribution is 2.18. The van der Waals surface area contributed by atoms with Gasteiger partial charge in [-0.2, -0.15) is 0 Å². The number of hydrogen-bond acceptors (Lipinski definition) is 3. The molecule has 1 heterocycles. The zero-order valence-electron chi connectivity index (χ0n) is 12.6. The van der Waals surface area contributed by atoms with Crippen LogP contribution in [-0.4, -0.2) is 43.0 Å². The maximum absolute atomic E-state index is 12.3. The molecule has 0 bridgehead atoms. The average Bonchev–Trinajstić information content (AvgIpc) is 3.01. The fourth-order valence-corrected chi connectivity index (χ4v) is 3.28. The molecule has 4 heteroatoms. The van der Waals surface area contributed by atoms with E-state index >= 15 is 0 Å². The van der Waals surface area contributed by atoms with Gasteiger partial charge in [-0.3, -0.25) is 9.69 Å². The molecule has 2 fully saturated rings. The van der Waals surface area contributed by atoms with Crippen LogP contribution < -0.4 is 10.6 Å². The van der Waals surface area contributed by atoms with E-state index in [1.54, 1.807) is 0 Å². The van der Waals surface area contributed by atoms with Gasteiger partial charge in [0, 0.05) is 44.3 Å². The Morgan fingerprint density at radius 2 is 2.00 bits per heavy atom. The number of carbonyl (C=O) groups excluding carboxylic acids is 1. The lowest BCUT2D eigenvalue weighted by Gasteiger charge is -2.27. The molecule has 0 radical (unpaired) electrons. The van der Waals surface area contributed by atoms with Crippen molar-refractivity contribution >= 4 is 5.91 Å². The third kappa shape index (κ3) is 4.05. The van der Waals surface area contributed by atoms with Crippen LogP contribution in [0, 0.1) is 0 Å². The standard InChI is InChI=1S/C17H25N3O/c21-17(19-16-6-1-2-7-16)15-5-3-4-14(12-15)13-20-10-8-18-9-11-20/h3-5,12,16,18H,1-2,6-11,13H2,(H,19,21). The second-order valence-corrected chi connectivity index (χ2v) is 6.18. The lowest BCUT2D eigenvalue weighted by molar-refractivity contribution is 0.0937. The van der Waals surface area contributed by atoms with Gasteiger partial charge in [0.15, 0.2) is 0 Å². The Hall–Kier alpha value is -1.39. The minimum Gasteiger partial charge on any atom is -0.349 e. The van der Waals surface area contributed by atoms with Crippen LogP contribution in [0.4, 0.5) is 0 Å². The summed E-state index contributed by atoms with van der Waals surface area (Å²) in [6, 6.07) is 8.47. The van der Waals surface area contributed by atoms with Crippen LogP contribution >= 0.6 is 0 Å². The van der Waals surface area contributed by atoms with Crippen molar-refractivity contribution in [3.63, 3.8) is 0 Å². The van der Waals surface area contributed by atoms with E-state index < -0.39 is 0 Å². The molecule has 0 spiro atoms. The molecule has 1 amide bonds. The summed E-state index contributed by atoms with van der Waals surface area (Å²) in [6.07, 6.45) is 4.75. The van der Waals surface area contributed by atoms with Crippen LogP contribution in [0.3, 0.4) is 0 Å². The zero-order chi connectivity index (χ0) is 14.5. The summed E-state index contributed by atoms with van der Waals surface area (Å²) >= 11 is 0. The van der Waals surface area contributed by atoms with Crippen molar-refractivity contribution in [1.29, 1.82) is 0 Å². The first-order valence-electron chi connectivity index (χ1n) is 8.14. The topological polar surface area (TPSA) is 44.4 Å². The fourth-order valence-electron chi connectivity index (χ4n) is 3.28. The first kappa shape index (κ1) is 14.5. The van der Waals surface area contributed by atoms with E-state index in [1.165, 1.54) is 18.4 Å². The number of hydrogen-bond donors (Lipinski definition) is 2. The minimum absolute atomic E-state index is 0.0871. The monoisotopic (exact) mass is 287 g/mol. The number of nitrogens with one attached hydrogen (secondary N) is 2. The van der Waals surface area contributed by atoms with Crippen LogP contribution in [-0.2, 0) is 6.54 Å². The Balaban J connectivity index is 1.60. The van der Waals surface area contributed by atoms with Gasteiger partial charge in [-0.05, 0) is 30.5 Å². The average molecular weight is 287 g/mol. The van der Waals surface area contributed by atoms with Gasteiger partial charge in [0.2, 0.25) is 0 Å². The normalized spacial score (nSPS) is 20.6. The summed E-state index contributed by atoms with van der Waals surface area (Å²) in [5.41, 5.74) is 2.03.